The maximum absolute atomic E-state index is 12.2. The monoisotopic (exact) mass is 386 g/mol. The third-order valence-electron chi connectivity index (χ3n) is 2.67. The van der Waals surface area contributed by atoms with Crippen LogP contribution in [0.25, 0.3) is 6.08 Å². The van der Waals surface area contributed by atoms with Gasteiger partial charge in [-0.05, 0) is 72.0 Å². The molecule has 0 bridgehead atoms. The summed E-state index contributed by atoms with van der Waals surface area (Å²) < 4.78 is 1.19. The molecule has 0 spiro atoms. The first-order valence-corrected chi connectivity index (χ1v) is 8.06. The molecule has 1 aliphatic heterocycles. The lowest BCUT2D eigenvalue weighted by Gasteiger charge is -2.11. The van der Waals surface area contributed by atoms with Crippen LogP contribution >= 0.6 is 34.4 Å². The number of halogens is 1. The van der Waals surface area contributed by atoms with Crippen molar-refractivity contribution in [3.8, 4) is 0 Å². The van der Waals surface area contributed by atoms with Crippen LogP contribution < -0.4 is 0 Å². The van der Waals surface area contributed by atoms with Gasteiger partial charge in [0.15, 0.2) is 5.17 Å². The number of nitrogens with zero attached hydrogens (tertiary/aromatic N) is 2. The number of thioether (sulfide) groups is 1. The Kier molecular flexibility index (Phi) is 5.04. The van der Waals surface area contributed by atoms with Crippen LogP contribution in [0.15, 0.2) is 34.2 Å². The van der Waals surface area contributed by atoms with E-state index in [1.54, 1.807) is 4.90 Å². The Hall–Kier alpha value is -0.820. The Morgan fingerprint density at radius 3 is 2.58 bits per heavy atom. The molecule has 3 nitrogen and oxygen atoms in total. The molecule has 0 aliphatic carbocycles. The zero-order valence-electron chi connectivity index (χ0n) is 10.9. The number of amides is 1. The first-order valence-electron chi connectivity index (χ1n) is 6.17. The van der Waals surface area contributed by atoms with Gasteiger partial charge in [-0.15, -0.1) is 0 Å². The minimum absolute atomic E-state index is 0.0539. The van der Waals surface area contributed by atoms with Gasteiger partial charge < -0.3 is 0 Å². The largest absolute Gasteiger partial charge is 0.287 e. The summed E-state index contributed by atoms with van der Waals surface area (Å²) in [7, 11) is 0. The molecule has 0 aromatic heterocycles. The van der Waals surface area contributed by atoms with Crippen LogP contribution in [0, 0.1) is 3.57 Å². The Labute approximate surface area is 131 Å². The van der Waals surface area contributed by atoms with Crippen LogP contribution in [-0.4, -0.2) is 29.1 Å². The third kappa shape index (κ3) is 3.39. The summed E-state index contributed by atoms with van der Waals surface area (Å²) in [5.74, 6) is 0.0539. The number of amidine groups is 1. The molecule has 0 radical (unpaired) electrons. The fourth-order valence-corrected chi connectivity index (χ4v) is 3.21. The van der Waals surface area contributed by atoms with E-state index < -0.39 is 0 Å². The topological polar surface area (TPSA) is 32.7 Å². The summed E-state index contributed by atoms with van der Waals surface area (Å²) in [6, 6.07) is 8.12. The lowest BCUT2D eigenvalue weighted by atomic mass is 10.2. The number of carbonyl (C=O) groups excluding carboxylic acids is 1. The summed E-state index contributed by atoms with van der Waals surface area (Å²) in [5, 5.41) is 0.812. The van der Waals surface area contributed by atoms with E-state index >= 15 is 0 Å². The van der Waals surface area contributed by atoms with Gasteiger partial charge >= 0.3 is 0 Å². The number of rotatable bonds is 3. The molecule has 1 aromatic carbocycles. The van der Waals surface area contributed by atoms with Gasteiger partial charge in [0.25, 0.3) is 5.91 Å². The number of carbonyl (C=O) groups is 1. The highest BCUT2D eigenvalue weighted by atomic mass is 127. The van der Waals surface area contributed by atoms with E-state index in [0.717, 1.165) is 15.6 Å². The third-order valence-corrected chi connectivity index (χ3v) is 4.43. The Morgan fingerprint density at radius 1 is 1.32 bits per heavy atom. The van der Waals surface area contributed by atoms with Gasteiger partial charge in [0.05, 0.1) is 4.91 Å². The van der Waals surface area contributed by atoms with Crippen molar-refractivity contribution in [3.63, 3.8) is 0 Å². The van der Waals surface area contributed by atoms with Crippen LogP contribution in [-0.2, 0) is 4.79 Å². The van der Waals surface area contributed by atoms with E-state index in [1.165, 1.54) is 15.3 Å². The highest BCUT2D eigenvalue weighted by Gasteiger charge is 2.31. The maximum Gasteiger partial charge on any atom is 0.266 e. The SMILES string of the molecule is CCN=C1S/C(=C/c2ccc(I)cc2)C(=O)N1CC. The summed E-state index contributed by atoms with van der Waals surface area (Å²) in [5.41, 5.74) is 1.05. The Bertz CT molecular complexity index is 537. The van der Waals surface area contributed by atoms with Gasteiger partial charge in [-0.25, -0.2) is 0 Å². The molecule has 5 heteroatoms. The molecule has 1 heterocycles. The first kappa shape index (κ1) is 14.6. The standard InChI is InChI=1S/C14H15IN2OS/c1-3-16-14-17(4-2)13(18)12(19-14)9-10-5-7-11(15)8-6-10/h5-9H,3-4H2,1-2H3/b12-9+,16-14?. The van der Waals surface area contributed by atoms with Crippen molar-refractivity contribution in [2.24, 2.45) is 4.99 Å². The minimum Gasteiger partial charge on any atom is -0.287 e. The van der Waals surface area contributed by atoms with Gasteiger partial charge in [0.2, 0.25) is 0 Å². The van der Waals surface area contributed by atoms with E-state index in [-0.39, 0.29) is 5.91 Å². The highest BCUT2D eigenvalue weighted by molar-refractivity contribution is 14.1. The fraction of sp³-hybridized carbons (Fsp3) is 0.286. The zero-order chi connectivity index (χ0) is 13.8. The van der Waals surface area contributed by atoms with Crippen LogP contribution in [0.2, 0.25) is 0 Å². The van der Waals surface area contributed by atoms with Crippen LogP contribution in [0.5, 0.6) is 0 Å². The van der Waals surface area contributed by atoms with Crippen molar-refractivity contribution >= 4 is 51.5 Å². The van der Waals surface area contributed by atoms with Crippen molar-refractivity contribution in [2.45, 2.75) is 13.8 Å². The average molecular weight is 386 g/mol. The van der Waals surface area contributed by atoms with Crippen molar-refractivity contribution in [1.29, 1.82) is 0 Å². The summed E-state index contributed by atoms with van der Waals surface area (Å²) >= 11 is 3.73. The van der Waals surface area contributed by atoms with Crippen molar-refractivity contribution in [3.05, 3.63) is 38.3 Å². The zero-order valence-corrected chi connectivity index (χ0v) is 13.9. The second-order valence-corrected chi connectivity index (χ2v) is 6.22. The second-order valence-electron chi connectivity index (χ2n) is 3.97. The summed E-state index contributed by atoms with van der Waals surface area (Å²) in [4.78, 5) is 19.1. The van der Waals surface area contributed by atoms with Crippen molar-refractivity contribution < 1.29 is 4.79 Å². The molecule has 1 fully saturated rings. The quantitative estimate of drug-likeness (QED) is 0.588. The normalized spacial score (nSPS) is 19.7. The predicted molar refractivity (Wildman–Crippen MR) is 90.1 cm³/mol. The fourth-order valence-electron chi connectivity index (χ4n) is 1.75. The summed E-state index contributed by atoms with van der Waals surface area (Å²) in [6.07, 6.45) is 1.93. The lowest BCUT2D eigenvalue weighted by molar-refractivity contribution is -0.122. The predicted octanol–water partition coefficient (Wildman–Crippen LogP) is 3.60. The molecular formula is C14H15IN2OS. The smallest absolute Gasteiger partial charge is 0.266 e. The average Bonchev–Trinajstić information content (AvgIpc) is 2.69. The molecule has 1 saturated heterocycles. The van der Waals surface area contributed by atoms with Gasteiger partial charge in [-0.1, -0.05) is 12.1 Å². The van der Waals surface area contributed by atoms with E-state index in [4.69, 9.17) is 0 Å². The van der Waals surface area contributed by atoms with E-state index in [0.29, 0.717) is 13.1 Å². The number of hydrogen-bond donors (Lipinski definition) is 0. The van der Waals surface area contributed by atoms with E-state index in [9.17, 15) is 4.79 Å². The maximum atomic E-state index is 12.2. The Balaban J connectivity index is 2.28. The summed E-state index contributed by atoms with van der Waals surface area (Å²) in [6.45, 7) is 5.31. The number of benzene rings is 1. The molecule has 100 valence electrons. The molecule has 0 N–H and O–H groups in total. The molecule has 19 heavy (non-hydrogen) atoms. The molecule has 1 aromatic rings. The molecular weight excluding hydrogens is 371 g/mol. The molecule has 1 amide bonds. The Morgan fingerprint density at radius 2 is 2.00 bits per heavy atom. The van der Waals surface area contributed by atoms with E-state index in [2.05, 4.69) is 27.6 Å². The van der Waals surface area contributed by atoms with Crippen LogP contribution in [0.1, 0.15) is 19.4 Å². The van der Waals surface area contributed by atoms with Crippen molar-refractivity contribution in [2.75, 3.05) is 13.1 Å². The van der Waals surface area contributed by atoms with E-state index in [1.807, 2.05) is 44.2 Å². The second kappa shape index (κ2) is 6.56. The number of hydrogen-bond acceptors (Lipinski definition) is 3. The molecule has 2 rings (SSSR count). The number of likely N-dealkylation sites (N-methyl/N-ethyl adjacent to an activating group) is 1. The highest BCUT2D eigenvalue weighted by Crippen LogP contribution is 2.32. The molecule has 1 aliphatic rings. The lowest BCUT2D eigenvalue weighted by Crippen LogP contribution is -2.28. The molecule has 0 atom stereocenters. The molecule has 0 unspecified atom stereocenters. The van der Waals surface area contributed by atoms with Crippen molar-refractivity contribution in [1.82, 2.24) is 4.90 Å². The van der Waals surface area contributed by atoms with Gasteiger partial charge in [-0.2, -0.15) is 0 Å². The van der Waals surface area contributed by atoms with Gasteiger partial charge in [0, 0.05) is 16.7 Å². The van der Waals surface area contributed by atoms with Crippen LogP contribution in [0.4, 0.5) is 0 Å². The number of aliphatic imine (C=N–C) groups is 1. The van der Waals surface area contributed by atoms with Gasteiger partial charge in [-0.3, -0.25) is 14.7 Å². The molecule has 0 saturated carbocycles. The minimum atomic E-state index is 0.0539. The van der Waals surface area contributed by atoms with Gasteiger partial charge in [0.1, 0.15) is 0 Å². The first-order chi connectivity index (χ1) is 9.15. The van der Waals surface area contributed by atoms with Crippen LogP contribution in [0.3, 0.4) is 0 Å².